The van der Waals surface area contributed by atoms with E-state index in [0.717, 1.165) is 38.0 Å². The van der Waals surface area contributed by atoms with Gasteiger partial charge in [-0.25, -0.2) is 4.39 Å². The summed E-state index contributed by atoms with van der Waals surface area (Å²) < 4.78 is 18.6. The molecule has 2 aliphatic rings. The highest BCUT2D eigenvalue weighted by Crippen LogP contribution is 2.36. The van der Waals surface area contributed by atoms with Gasteiger partial charge < -0.3 is 14.2 Å². The molecule has 1 unspecified atom stereocenters. The van der Waals surface area contributed by atoms with E-state index in [1.165, 1.54) is 5.56 Å². The first kappa shape index (κ1) is 23.4. The molecule has 2 aliphatic heterocycles. The van der Waals surface area contributed by atoms with Gasteiger partial charge in [-0.2, -0.15) is 0 Å². The molecule has 34 heavy (non-hydrogen) atoms. The van der Waals surface area contributed by atoms with E-state index >= 15 is 0 Å². The Labute approximate surface area is 209 Å². The molecule has 0 saturated carbocycles. The number of carbonyl (C=O) groups is 1. The zero-order chi connectivity index (χ0) is 23.7. The number of carbonyl (C=O) groups excluding carboxylic acids is 1. The molecule has 7 heteroatoms. The van der Waals surface area contributed by atoms with Crippen LogP contribution in [0.4, 0.5) is 4.39 Å². The summed E-state index contributed by atoms with van der Waals surface area (Å²) in [5.41, 5.74) is 2.91. The predicted molar refractivity (Wildman–Crippen MR) is 132 cm³/mol. The predicted octanol–water partition coefficient (Wildman–Crippen LogP) is 6.46. The summed E-state index contributed by atoms with van der Waals surface area (Å²) in [5.74, 6) is 0.794. The molecule has 1 amide bonds. The lowest BCUT2D eigenvalue weighted by atomic mass is 9.87. The van der Waals surface area contributed by atoms with Gasteiger partial charge in [0.15, 0.2) is 0 Å². The molecule has 0 aliphatic carbocycles. The second-order valence-electron chi connectivity index (χ2n) is 9.39. The molecule has 0 spiro atoms. The van der Waals surface area contributed by atoms with Crippen LogP contribution in [0.3, 0.4) is 0 Å². The van der Waals surface area contributed by atoms with E-state index in [4.69, 9.17) is 27.6 Å². The summed E-state index contributed by atoms with van der Waals surface area (Å²) in [6.45, 7) is 4.26. The molecule has 1 aromatic heterocycles. The Morgan fingerprint density at radius 1 is 0.971 bits per heavy atom. The highest BCUT2D eigenvalue weighted by Gasteiger charge is 2.38. The standard InChI is InChI=1S/C27H27Cl2FN2O2/c28-25-6-3-20(13-26(25)29)27(33)32-15-22(24(16-32)21-9-12-34-17-21)14-31-10-7-19(8-11-31)18-1-4-23(30)5-2-18/h1-6,9,12-13,17,19,22,24H,7-8,10-11,14-16H2/t22-,24?/m1/s1. The number of amides is 1. The molecule has 0 N–H and O–H groups in total. The van der Waals surface area contributed by atoms with Gasteiger partial charge in [0.05, 0.1) is 22.6 Å². The lowest BCUT2D eigenvalue weighted by molar-refractivity contribution is 0.0781. The highest BCUT2D eigenvalue weighted by molar-refractivity contribution is 6.42. The third-order valence-electron chi connectivity index (χ3n) is 7.29. The molecule has 0 bridgehead atoms. The van der Waals surface area contributed by atoms with E-state index in [2.05, 4.69) is 4.90 Å². The fraction of sp³-hybridized carbons (Fsp3) is 0.370. The maximum Gasteiger partial charge on any atom is 0.253 e. The summed E-state index contributed by atoms with van der Waals surface area (Å²) in [5, 5.41) is 0.830. The molecular weight excluding hydrogens is 474 g/mol. The third kappa shape index (κ3) is 5.02. The molecule has 0 radical (unpaired) electrons. The van der Waals surface area contributed by atoms with E-state index in [0.29, 0.717) is 40.5 Å². The zero-order valence-corrected chi connectivity index (χ0v) is 20.3. The van der Waals surface area contributed by atoms with Gasteiger partial charge in [-0.1, -0.05) is 35.3 Å². The van der Waals surface area contributed by atoms with Crippen molar-refractivity contribution in [3.8, 4) is 0 Å². The van der Waals surface area contributed by atoms with Gasteiger partial charge in [0.2, 0.25) is 0 Å². The van der Waals surface area contributed by atoms with Crippen molar-refractivity contribution in [3.63, 3.8) is 0 Å². The monoisotopic (exact) mass is 500 g/mol. The largest absolute Gasteiger partial charge is 0.472 e. The lowest BCUT2D eigenvalue weighted by Gasteiger charge is -2.34. The fourth-order valence-electron chi connectivity index (χ4n) is 5.41. The van der Waals surface area contributed by atoms with Crippen LogP contribution in [0.5, 0.6) is 0 Å². The normalized spacial score (nSPS) is 21.8. The van der Waals surface area contributed by atoms with Crippen molar-refractivity contribution in [2.45, 2.75) is 24.7 Å². The Kier molecular flexibility index (Phi) is 6.96. The Morgan fingerprint density at radius 3 is 2.41 bits per heavy atom. The van der Waals surface area contributed by atoms with Gasteiger partial charge in [-0.3, -0.25) is 4.79 Å². The maximum absolute atomic E-state index is 13.3. The van der Waals surface area contributed by atoms with Crippen molar-refractivity contribution in [2.24, 2.45) is 5.92 Å². The first-order chi connectivity index (χ1) is 16.5. The number of hydrogen-bond donors (Lipinski definition) is 0. The van der Waals surface area contributed by atoms with E-state index in [9.17, 15) is 9.18 Å². The van der Waals surface area contributed by atoms with Crippen molar-refractivity contribution in [2.75, 3.05) is 32.7 Å². The Balaban J connectivity index is 1.26. The maximum atomic E-state index is 13.3. The van der Waals surface area contributed by atoms with Gasteiger partial charge in [0, 0.05) is 31.1 Å². The van der Waals surface area contributed by atoms with Crippen molar-refractivity contribution >= 4 is 29.1 Å². The first-order valence-corrected chi connectivity index (χ1v) is 12.5. The molecule has 5 rings (SSSR count). The van der Waals surface area contributed by atoms with Crippen LogP contribution < -0.4 is 0 Å². The second kappa shape index (κ2) is 10.1. The second-order valence-corrected chi connectivity index (χ2v) is 10.2. The summed E-state index contributed by atoms with van der Waals surface area (Å²) in [4.78, 5) is 17.7. The summed E-state index contributed by atoms with van der Waals surface area (Å²) in [6, 6.07) is 14.0. The van der Waals surface area contributed by atoms with Crippen LogP contribution in [0.15, 0.2) is 65.5 Å². The van der Waals surface area contributed by atoms with Crippen LogP contribution in [-0.2, 0) is 0 Å². The number of likely N-dealkylation sites (tertiary alicyclic amines) is 2. The number of halogens is 3. The van der Waals surface area contributed by atoms with Crippen LogP contribution >= 0.6 is 23.2 Å². The van der Waals surface area contributed by atoms with E-state index in [1.54, 1.807) is 42.9 Å². The van der Waals surface area contributed by atoms with Crippen LogP contribution in [0.1, 0.15) is 46.2 Å². The van der Waals surface area contributed by atoms with Crippen molar-refractivity contribution in [1.82, 2.24) is 9.80 Å². The minimum Gasteiger partial charge on any atom is -0.472 e. The van der Waals surface area contributed by atoms with Crippen LogP contribution in [0, 0.1) is 11.7 Å². The molecule has 2 saturated heterocycles. The smallest absolute Gasteiger partial charge is 0.253 e. The number of benzene rings is 2. The average molecular weight is 501 g/mol. The molecule has 178 valence electrons. The molecular formula is C27H27Cl2FN2O2. The van der Waals surface area contributed by atoms with Gasteiger partial charge in [-0.15, -0.1) is 0 Å². The molecule has 2 fully saturated rings. The van der Waals surface area contributed by atoms with E-state index in [1.807, 2.05) is 23.1 Å². The topological polar surface area (TPSA) is 36.7 Å². The Morgan fingerprint density at radius 2 is 1.74 bits per heavy atom. The van der Waals surface area contributed by atoms with Crippen LogP contribution in [0.25, 0.3) is 0 Å². The summed E-state index contributed by atoms with van der Waals surface area (Å²) in [7, 11) is 0. The molecule has 3 aromatic rings. The summed E-state index contributed by atoms with van der Waals surface area (Å²) in [6.07, 6.45) is 5.61. The molecule has 4 nitrogen and oxygen atoms in total. The van der Waals surface area contributed by atoms with Crippen molar-refractivity contribution in [1.29, 1.82) is 0 Å². The highest BCUT2D eigenvalue weighted by atomic mass is 35.5. The molecule has 2 aromatic carbocycles. The van der Waals surface area contributed by atoms with Gasteiger partial charge >= 0.3 is 0 Å². The molecule has 3 heterocycles. The number of rotatable bonds is 5. The summed E-state index contributed by atoms with van der Waals surface area (Å²) >= 11 is 12.2. The molecule has 2 atom stereocenters. The Bertz CT molecular complexity index is 1130. The Hall–Kier alpha value is -2.34. The van der Waals surface area contributed by atoms with E-state index in [-0.39, 0.29) is 17.6 Å². The van der Waals surface area contributed by atoms with Gasteiger partial charge in [0.1, 0.15) is 5.82 Å². The first-order valence-electron chi connectivity index (χ1n) is 11.7. The quantitative estimate of drug-likeness (QED) is 0.403. The number of hydrogen-bond acceptors (Lipinski definition) is 3. The SMILES string of the molecule is O=C(c1ccc(Cl)c(Cl)c1)N1CC(c2ccoc2)[C@H](CN2CCC(c3ccc(F)cc3)CC2)C1. The van der Waals surface area contributed by atoms with Gasteiger partial charge in [0.25, 0.3) is 5.91 Å². The minimum absolute atomic E-state index is 0.0235. The van der Waals surface area contributed by atoms with E-state index < -0.39 is 0 Å². The van der Waals surface area contributed by atoms with Gasteiger partial charge in [-0.05, 0) is 85.3 Å². The number of piperidine rings is 1. The van der Waals surface area contributed by atoms with Crippen molar-refractivity contribution < 1.29 is 13.6 Å². The number of furan rings is 1. The third-order valence-corrected chi connectivity index (χ3v) is 8.03. The van der Waals surface area contributed by atoms with Crippen LogP contribution in [0.2, 0.25) is 10.0 Å². The lowest BCUT2D eigenvalue weighted by Crippen LogP contribution is -2.38. The van der Waals surface area contributed by atoms with Crippen LogP contribution in [-0.4, -0.2) is 48.4 Å². The average Bonchev–Trinajstić information content (AvgIpc) is 3.52. The minimum atomic E-state index is -0.187. The van der Waals surface area contributed by atoms with Crippen molar-refractivity contribution in [3.05, 3.63) is 93.6 Å². The fourth-order valence-corrected chi connectivity index (χ4v) is 5.71. The zero-order valence-electron chi connectivity index (χ0n) is 18.8. The number of nitrogens with zero attached hydrogens (tertiary/aromatic N) is 2.